The number of nitrogens with one attached hydrogen (secondary N) is 3. The Kier molecular flexibility index (Phi) is 5.63. The first-order valence-corrected chi connectivity index (χ1v) is 11.1. The molecule has 7 nitrogen and oxygen atoms in total. The summed E-state index contributed by atoms with van der Waals surface area (Å²) in [5, 5.41) is 7.70. The van der Waals surface area contributed by atoms with Gasteiger partial charge in [-0.2, -0.15) is 0 Å². The summed E-state index contributed by atoms with van der Waals surface area (Å²) in [5.41, 5.74) is 5.19. The van der Waals surface area contributed by atoms with Crippen molar-refractivity contribution >= 4 is 22.9 Å². The summed E-state index contributed by atoms with van der Waals surface area (Å²) in [5.74, 6) is 1.10. The molecular weight excluding hydrogens is 406 g/mol. The Morgan fingerprint density at radius 1 is 1.31 bits per heavy atom. The van der Waals surface area contributed by atoms with Gasteiger partial charge >= 0.3 is 0 Å². The molecule has 3 N–H and O–H groups in total. The molecule has 3 unspecified atom stereocenters. The van der Waals surface area contributed by atoms with Crippen LogP contribution in [0.25, 0.3) is 17.0 Å². The summed E-state index contributed by atoms with van der Waals surface area (Å²) in [6.45, 7) is 5.12. The monoisotopic (exact) mass is 435 g/mol. The third kappa shape index (κ3) is 3.88. The van der Waals surface area contributed by atoms with E-state index < -0.39 is 6.04 Å². The number of methoxy groups -OCH3 is 1. The predicted molar refractivity (Wildman–Crippen MR) is 123 cm³/mol. The van der Waals surface area contributed by atoms with Gasteiger partial charge in [-0.05, 0) is 42.2 Å². The maximum absolute atomic E-state index is 12.8. The number of allylic oxidation sites excluding steroid dienone is 3. The van der Waals surface area contributed by atoms with Crippen molar-refractivity contribution < 1.29 is 19.0 Å². The molecule has 2 aliphatic heterocycles. The van der Waals surface area contributed by atoms with E-state index in [0.29, 0.717) is 19.3 Å². The molecule has 168 valence electrons. The average molecular weight is 436 g/mol. The van der Waals surface area contributed by atoms with Crippen molar-refractivity contribution in [2.75, 3.05) is 20.5 Å². The van der Waals surface area contributed by atoms with Crippen LogP contribution in [0.5, 0.6) is 5.75 Å². The van der Waals surface area contributed by atoms with Crippen LogP contribution in [0.2, 0.25) is 0 Å². The van der Waals surface area contributed by atoms with Gasteiger partial charge in [0, 0.05) is 40.0 Å². The molecule has 3 heterocycles. The van der Waals surface area contributed by atoms with Gasteiger partial charge < -0.3 is 24.5 Å². The first-order valence-electron chi connectivity index (χ1n) is 11.1. The summed E-state index contributed by atoms with van der Waals surface area (Å²) in [4.78, 5) is 16.1. The molecule has 1 amide bonds. The molecule has 7 heteroatoms. The Morgan fingerprint density at radius 2 is 2.19 bits per heavy atom. The Morgan fingerprint density at radius 3 is 2.94 bits per heavy atom. The molecule has 0 radical (unpaired) electrons. The third-order valence-corrected chi connectivity index (χ3v) is 6.41. The number of hydrogen-bond acceptors (Lipinski definition) is 5. The van der Waals surface area contributed by atoms with Crippen LogP contribution in [0.15, 0.2) is 53.4 Å². The third-order valence-electron chi connectivity index (χ3n) is 6.41. The van der Waals surface area contributed by atoms with Gasteiger partial charge in [-0.15, -0.1) is 0 Å². The zero-order valence-corrected chi connectivity index (χ0v) is 18.6. The van der Waals surface area contributed by atoms with E-state index in [1.165, 1.54) is 0 Å². The van der Waals surface area contributed by atoms with Crippen LogP contribution in [-0.4, -0.2) is 49.6 Å². The van der Waals surface area contributed by atoms with E-state index in [1.54, 1.807) is 7.11 Å². The van der Waals surface area contributed by atoms with Gasteiger partial charge in [0.2, 0.25) is 5.91 Å². The van der Waals surface area contributed by atoms with Crippen molar-refractivity contribution in [1.29, 1.82) is 0 Å². The van der Waals surface area contributed by atoms with E-state index >= 15 is 0 Å². The smallest absolute Gasteiger partial charge is 0.246 e. The van der Waals surface area contributed by atoms with Crippen molar-refractivity contribution in [2.45, 2.75) is 38.5 Å². The summed E-state index contributed by atoms with van der Waals surface area (Å²) in [7, 11) is 1.67. The van der Waals surface area contributed by atoms with Crippen LogP contribution in [0.3, 0.4) is 0 Å². The number of carbonyl (C=O) groups is 1. The first kappa shape index (κ1) is 21.0. The predicted octanol–water partition coefficient (Wildman–Crippen LogP) is 3.26. The number of H-pyrrole nitrogens is 1. The first-order chi connectivity index (χ1) is 15.5. The molecule has 0 bridgehead atoms. The highest BCUT2D eigenvalue weighted by Crippen LogP contribution is 2.32. The topological polar surface area (TPSA) is 84.6 Å². The molecule has 0 spiro atoms. The molecule has 3 atom stereocenters. The number of fused-ring (bicyclic) bond motifs is 2. The van der Waals surface area contributed by atoms with E-state index in [2.05, 4.69) is 47.7 Å². The van der Waals surface area contributed by atoms with Crippen molar-refractivity contribution in [3.05, 3.63) is 59.0 Å². The SMILES string of the molecule is COc1ccc2[nH]cc(C=C3C=C4C(=CC3)NC(=O)C4NC(C(C)C)C3COCO3)c2c1. The van der Waals surface area contributed by atoms with Crippen molar-refractivity contribution in [2.24, 2.45) is 5.92 Å². The second-order valence-electron chi connectivity index (χ2n) is 8.85. The number of ether oxygens (including phenoxy) is 3. The number of benzene rings is 1. The molecule has 2 fully saturated rings. The van der Waals surface area contributed by atoms with Gasteiger partial charge in [-0.25, -0.2) is 0 Å². The van der Waals surface area contributed by atoms with Gasteiger partial charge in [0.25, 0.3) is 0 Å². The zero-order valence-electron chi connectivity index (χ0n) is 18.6. The lowest BCUT2D eigenvalue weighted by atomic mass is 9.92. The minimum absolute atomic E-state index is 0.0175. The Labute approximate surface area is 187 Å². The van der Waals surface area contributed by atoms with Crippen molar-refractivity contribution in [1.82, 2.24) is 15.6 Å². The molecule has 3 aliphatic rings. The van der Waals surface area contributed by atoms with Crippen LogP contribution >= 0.6 is 0 Å². The fourth-order valence-corrected chi connectivity index (χ4v) is 4.69. The largest absolute Gasteiger partial charge is 0.497 e. The molecule has 1 aromatic heterocycles. The molecule has 2 aromatic rings. The van der Waals surface area contributed by atoms with Crippen molar-refractivity contribution in [3.8, 4) is 5.75 Å². The minimum atomic E-state index is -0.412. The van der Waals surface area contributed by atoms with E-state index in [1.807, 2.05) is 24.4 Å². The highest BCUT2D eigenvalue weighted by molar-refractivity contribution is 5.94. The van der Waals surface area contributed by atoms with Crippen LogP contribution in [0, 0.1) is 5.92 Å². The number of aromatic nitrogens is 1. The molecule has 1 aromatic carbocycles. The summed E-state index contributed by atoms with van der Waals surface area (Å²) in [6.07, 6.45) is 9.11. The quantitative estimate of drug-likeness (QED) is 0.649. The summed E-state index contributed by atoms with van der Waals surface area (Å²) < 4.78 is 16.5. The lowest BCUT2D eigenvalue weighted by Gasteiger charge is -2.29. The normalized spacial score (nSPS) is 25.1. The van der Waals surface area contributed by atoms with Crippen molar-refractivity contribution in [3.63, 3.8) is 0 Å². The van der Waals surface area contributed by atoms with Crippen LogP contribution in [0.4, 0.5) is 0 Å². The van der Waals surface area contributed by atoms with E-state index in [-0.39, 0.29) is 18.1 Å². The second kappa shape index (κ2) is 8.58. The fourth-order valence-electron chi connectivity index (χ4n) is 4.69. The van der Waals surface area contributed by atoms with E-state index in [0.717, 1.165) is 45.5 Å². The van der Waals surface area contributed by atoms with E-state index in [9.17, 15) is 4.79 Å². The van der Waals surface area contributed by atoms with Gasteiger partial charge in [0.05, 0.1) is 19.8 Å². The molecule has 2 saturated heterocycles. The van der Waals surface area contributed by atoms with Crippen LogP contribution < -0.4 is 15.4 Å². The van der Waals surface area contributed by atoms with Crippen LogP contribution in [-0.2, 0) is 14.3 Å². The number of hydrogen-bond donors (Lipinski definition) is 3. The molecular formula is C25H29N3O4. The summed E-state index contributed by atoms with van der Waals surface area (Å²) >= 11 is 0. The van der Waals surface area contributed by atoms with Gasteiger partial charge in [0.1, 0.15) is 18.6 Å². The minimum Gasteiger partial charge on any atom is -0.497 e. The molecule has 0 saturated carbocycles. The van der Waals surface area contributed by atoms with Gasteiger partial charge in [0.15, 0.2) is 0 Å². The van der Waals surface area contributed by atoms with Gasteiger partial charge in [-0.1, -0.05) is 26.0 Å². The van der Waals surface area contributed by atoms with E-state index in [4.69, 9.17) is 14.2 Å². The number of amides is 1. The average Bonchev–Trinajstić information content (AvgIpc) is 3.51. The number of aromatic amines is 1. The molecule has 32 heavy (non-hydrogen) atoms. The summed E-state index contributed by atoms with van der Waals surface area (Å²) in [6, 6.07) is 5.61. The zero-order chi connectivity index (χ0) is 22.2. The Hall–Kier alpha value is -2.87. The van der Waals surface area contributed by atoms with Crippen LogP contribution in [0.1, 0.15) is 25.8 Å². The van der Waals surface area contributed by atoms with Gasteiger partial charge in [-0.3, -0.25) is 10.1 Å². The lowest BCUT2D eigenvalue weighted by Crippen LogP contribution is -2.52. The maximum Gasteiger partial charge on any atom is 0.246 e. The molecule has 1 aliphatic carbocycles. The fraction of sp³-hybridized carbons (Fsp3) is 0.400. The second-order valence-corrected chi connectivity index (χ2v) is 8.85. The maximum atomic E-state index is 12.8. The Bertz CT molecular complexity index is 1120. The highest BCUT2D eigenvalue weighted by atomic mass is 16.7. The Balaban J connectivity index is 1.44. The number of rotatable bonds is 6. The number of carbonyl (C=O) groups excluding carboxylic acids is 1. The lowest BCUT2D eigenvalue weighted by molar-refractivity contribution is -0.120. The molecule has 5 rings (SSSR count). The highest BCUT2D eigenvalue weighted by Gasteiger charge is 2.39. The standard InChI is InChI=1S/C25H29N3O4/c1-14(2)23(22-12-31-13-32-22)28-24-19-9-15(4-6-21(19)27-25(24)29)8-16-11-26-20-7-5-17(30-3)10-18(16)20/h5-11,14,22-24,26,28H,4,12-13H2,1-3H3,(H,27,29).